The van der Waals surface area contributed by atoms with Crippen LogP contribution in [0.5, 0.6) is 0 Å². The molecule has 39 heavy (non-hydrogen) atoms. The van der Waals surface area contributed by atoms with E-state index in [1.807, 2.05) is 18.2 Å². The quantitative estimate of drug-likeness (QED) is 0.494. The lowest BCUT2D eigenvalue weighted by atomic mass is 9.89. The first-order valence-corrected chi connectivity index (χ1v) is 14.0. The second-order valence-corrected chi connectivity index (χ2v) is 11.4. The van der Waals surface area contributed by atoms with Crippen molar-refractivity contribution in [3.8, 4) is 11.3 Å². The number of rotatable bonds is 6. The van der Waals surface area contributed by atoms with Crippen LogP contribution in [0.3, 0.4) is 0 Å². The average molecular weight is 528 g/mol. The minimum absolute atomic E-state index is 0.157. The molecule has 0 spiro atoms. The fourth-order valence-corrected chi connectivity index (χ4v) is 6.64. The van der Waals surface area contributed by atoms with Gasteiger partial charge in [0.1, 0.15) is 11.7 Å². The summed E-state index contributed by atoms with van der Waals surface area (Å²) in [5.74, 6) is -0.826. The van der Waals surface area contributed by atoms with Gasteiger partial charge in [0.05, 0.1) is 11.8 Å². The van der Waals surface area contributed by atoms with Gasteiger partial charge in [-0.3, -0.25) is 24.6 Å². The maximum Gasteiger partial charge on any atom is 0.255 e. The molecule has 202 valence electrons. The molecule has 5 heterocycles. The molecule has 9 heteroatoms. The maximum absolute atomic E-state index is 13.2. The third-order valence-electron chi connectivity index (χ3n) is 8.98. The minimum atomic E-state index is -0.616. The molecule has 2 saturated heterocycles. The zero-order chi connectivity index (χ0) is 26.7. The topological polar surface area (TPSA) is 96.8 Å². The molecule has 1 N–H and O–H groups in total. The van der Waals surface area contributed by atoms with E-state index in [1.165, 1.54) is 23.8 Å². The number of imide groups is 1. The van der Waals surface area contributed by atoms with Gasteiger partial charge in [0.15, 0.2) is 0 Å². The third kappa shape index (κ3) is 4.24. The lowest BCUT2D eigenvalue weighted by molar-refractivity contribution is -0.136. The van der Waals surface area contributed by atoms with Gasteiger partial charge in [-0.2, -0.15) is 0 Å². The largest absolute Gasteiger partial charge is 0.381 e. The number of piperidine rings is 1. The maximum atomic E-state index is 13.2. The Morgan fingerprint density at radius 3 is 2.67 bits per heavy atom. The van der Waals surface area contributed by atoms with E-state index in [9.17, 15) is 14.4 Å². The van der Waals surface area contributed by atoms with Crippen molar-refractivity contribution in [2.75, 3.05) is 20.2 Å². The number of nitrogens with zero attached hydrogens (tertiary/aromatic N) is 4. The second kappa shape index (κ2) is 9.57. The van der Waals surface area contributed by atoms with Crippen molar-refractivity contribution in [2.45, 2.75) is 69.8 Å². The van der Waals surface area contributed by atoms with E-state index in [2.05, 4.69) is 33.1 Å². The first kappa shape index (κ1) is 24.5. The highest BCUT2D eigenvalue weighted by molar-refractivity contribution is 6.05. The highest BCUT2D eigenvalue weighted by atomic mass is 16.5. The molecule has 1 aliphatic carbocycles. The lowest BCUT2D eigenvalue weighted by Crippen LogP contribution is -2.52. The highest BCUT2D eigenvalue weighted by Crippen LogP contribution is 2.38. The lowest BCUT2D eigenvalue weighted by Gasteiger charge is -2.35. The van der Waals surface area contributed by atoms with Gasteiger partial charge in [0.25, 0.3) is 5.91 Å². The Morgan fingerprint density at radius 1 is 1.08 bits per heavy atom. The summed E-state index contributed by atoms with van der Waals surface area (Å²) >= 11 is 0. The van der Waals surface area contributed by atoms with Gasteiger partial charge in [-0.25, -0.2) is 4.98 Å². The fraction of sp³-hybridized carbons (Fsp3) is 0.467. The van der Waals surface area contributed by atoms with Gasteiger partial charge in [0, 0.05) is 55.4 Å². The van der Waals surface area contributed by atoms with E-state index in [1.54, 1.807) is 12.0 Å². The number of aromatic nitrogens is 2. The molecule has 1 unspecified atom stereocenters. The fourth-order valence-electron chi connectivity index (χ4n) is 6.64. The molecule has 3 amide bonds. The Kier molecular flexibility index (Phi) is 6.01. The first-order valence-electron chi connectivity index (χ1n) is 14.0. The number of fused-ring (bicyclic) bond motifs is 2. The Morgan fingerprint density at radius 2 is 1.90 bits per heavy atom. The Bertz CT molecular complexity index is 1480. The molecule has 3 aromatic rings. The van der Waals surface area contributed by atoms with Gasteiger partial charge in [-0.1, -0.05) is 6.07 Å². The molecule has 1 atom stereocenters. The molecule has 1 saturated carbocycles. The summed E-state index contributed by atoms with van der Waals surface area (Å²) in [7, 11) is 1.78. The van der Waals surface area contributed by atoms with Crippen LogP contribution in [-0.2, 0) is 27.4 Å². The number of benzene rings is 1. The molecular formula is C30H33N5O4. The summed E-state index contributed by atoms with van der Waals surface area (Å²) in [6, 6.07) is 10.1. The van der Waals surface area contributed by atoms with Crippen molar-refractivity contribution in [1.82, 2.24) is 24.7 Å². The molecule has 9 nitrogen and oxygen atoms in total. The van der Waals surface area contributed by atoms with Gasteiger partial charge < -0.3 is 14.2 Å². The van der Waals surface area contributed by atoms with Crippen LogP contribution in [0, 0.1) is 0 Å². The van der Waals surface area contributed by atoms with E-state index >= 15 is 0 Å². The minimum Gasteiger partial charge on any atom is -0.381 e. The number of amides is 3. The van der Waals surface area contributed by atoms with E-state index in [0.29, 0.717) is 30.7 Å². The van der Waals surface area contributed by atoms with Crippen LogP contribution >= 0.6 is 0 Å². The molecule has 3 fully saturated rings. The molecule has 0 radical (unpaired) electrons. The number of nitrogens with one attached hydrogen (secondary N) is 1. The summed E-state index contributed by atoms with van der Waals surface area (Å²) in [6.45, 7) is 3.49. The number of hydrogen-bond acceptors (Lipinski definition) is 6. The average Bonchev–Trinajstić information content (AvgIpc) is 3.64. The standard InChI is InChI=1S/C30H33N5O4/c1-39-22-14-21(15-22)34-11-8-23-20(16-33-9-2-3-10-33)13-25(31-28(23)34)18-4-5-24-19(12-18)17-35(30(24)38)26-6-7-27(36)32-29(26)37/h4-5,8,11-13,21-22,26H,2-3,6-7,9-10,14-17H2,1H3,(H,32,36,37). The van der Waals surface area contributed by atoms with E-state index in [-0.39, 0.29) is 18.2 Å². The summed E-state index contributed by atoms with van der Waals surface area (Å²) in [4.78, 5) is 46.6. The van der Waals surface area contributed by atoms with E-state index in [4.69, 9.17) is 9.72 Å². The Labute approximate surface area is 227 Å². The van der Waals surface area contributed by atoms with Crippen molar-refractivity contribution in [1.29, 1.82) is 0 Å². The zero-order valence-electron chi connectivity index (χ0n) is 22.2. The van der Waals surface area contributed by atoms with Crippen molar-refractivity contribution >= 4 is 28.8 Å². The van der Waals surface area contributed by atoms with Crippen LogP contribution in [0.25, 0.3) is 22.3 Å². The molecule has 7 rings (SSSR count). The summed E-state index contributed by atoms with van der Waals surface area (Å²) < 4.78 is 7.84. The predicted molar refractivity (Wildman–Crippen MR) is 145 cm³/mol. The normalized spacial score (nSPS) is 25.3. The number of methoxy groups -OCH3 is 1. The second-order valence-electron chi connectivity index (χ2n) is 11.4. The number of carbonyl (C=O) groups is 3. The van der Waals surface area contributed by atoms with Crippen LogP contribution in [-0.4, -0.2) is 69.4 Å². The number of ether oxygens (including phenoxy) is 1. The number of carbonyl (C=O) groups excluding carboxylic acids is 3. The zero-order valence-corrected chi connectivity index (χ0v) is 22.2. The van der Waals surface area contributed by atoms with Gasteiger partial charge in [-0.05, 0) is 80.6 Å². The van der Waals surface area contributed by atoms with Crippen molar-refractivity contribution in [3.63, 3.8) is 0 Å². The highest BCUT2D eigenvalue weighted by Gasteiger charge is 2.39. The van der Waals surface area contributed by atoms with Gasteiger partial charge >= 0.3 is 0 Å². The molecule has 2 aromatic heterocycles. The number of likely N-dealkylation sites (tertiary alicyclic amines) is 1. The third-order valence-corrected chi connectivity index (χ3v) is 8.98. The molecule has 4 aliphatic rings. The predicted octanol–water partition coefficient (Wildman–Crippen LogP) is 3.41. The Balaban J connectivity index is 1.23. The van der Waals surface area contributed by atoms with Gasteiger partial charge in [-0.15, -0.1) is 0 Å². The summed E-state index contributed by atoms with van der Waals surface area (Å²) in [6.07, 6.45) is 7.55. The van der Waals surface area contributed by atoms with Crippen LogP contribution in [0.4, 0.5) is 0 Å². The smallest absolute Gasteiger partial charge is 0.255 e. The van der Waals surface area contributed by atoms with Crippen LogP contribution in [0.2, 0.25) is 0 Å². The first-order chi connectivity index (χ1) is 19.0. The van der Waals surface area contributed by atoms with E-state index in [0.717, 1.165) is 54.9 Å². The number of hydrogen-bond donors (Lipinski definition) is 1. The molecular weight excluding hydrogens is 494 g/mol. The summed E-state index contributed by atoms with van der Waals surface area (Å²) in [5, 5.41) is 3.58. The molecule has 0 bridgehead atoms. The van der Waals surface area contributed by atoms with E-state index < -0.39 is 11.9 Å². The van der Waals surface area contributed by atoms with Crippen molar-refractivity contribution < 1.29 is 19.1 Å². The SMILES string of the molecule is COC1CC(n2ccc3c(CN4CCCC4)cc(-c4ccc5c(c4)CN(C4CCC(=O)NC4=O)C5=O)nc32)C1. The number of pyridine rings is 1. The Hall–Kier alpha value is -3.56. The van der Waals surface area contributed by atoms with Crippen molar-refractivity contribution in [3.05, 3.63) is 53.2 Å². The van der Waals surface area contributed by atoms with Crippen LogP contribution < -0.4 is 5.32 Å². The summed E-state index contributed by atoms with van der Waals surface area (Å²) in [5.41, 5.74) is 5.65. The molecule has 3 aliphatic heterocycles. The monoisotopic (exact) mass is 527 g/mol. The van der Waals surface area contributed by atoms with Gasteiger partial charge in [0.2, 0.25) is 11.8 Å². The van der Waals surface area contributed by atoms with Crippen LogP contribution in [0.15, 0.2) is 36.5 Å². The molecule has 1 aromatic carbocycles. The van der Waals surface area contributed by atoms with Crippen LogP contribution in [0.1, 0.15) is 66.1 Å². The van der Waals surface area contributed by atoms with Crippen molar-refractivity contribution in [2.24, 2.45) is 0 Å².